The van der Waals surface area contributed by atoms with Crippen LogP contribution >= 0.6 is 7.60 Å². The molecule has 23 heavy (non-hydrogen) atoms. The predicted molar refractivity (Wildman–Crippen MR) is 73.9 cm³/mol. The second-order valence-corrected chi connectivity index (χ2v) is 6.66. The molecule has 1 fully saturated rings. The van der Waals surface area contributed by atoms with Crippen LogP contribution in [-0.4, -0.2) is 61.1 Å². The number of hydrogen-bond acceptors (Lipinski definition) is 8. The number of aromatic amines is 1. The fourth-order valence-corrected chi connectivity index (χ4v) is 2.79. The Morgan fingerprint density at radius 3 is 3.09 bits per heavy atom. The van der Waals surface area contributed by atoms with E-state index < -0.39 is 32.1 Å². The molecule has 2 aliphatic rings. The molecule has 0 saturated carbocycles. The number of nitrogens with zero attached hydrogens (tertiary/aromatic N) is 3. The fraction of sp³-hybridized carbons (Fsp3) is 0.600. The molecule has 2 aliphatic heterocycles. The Morgan fingerprint density at radius 2 is 2.39 bits per heavy atom. The molecule has 3 heterocycles. The summed E-state index contributed by atoms with van der Waals surface area (Å²) in [4.78, 5) is 29.8. The summed E-state index contributed by atoms with van der Waals surface area (Å²) in [7, 11) is -4.28. The number of H-pyrrole nitrogens is 1. The third-order valence-electron chi connectivity index (χ3n) is 3.42. The second kappa shape index (κ2) is 6.89. The Kier molecular flexibility index (Phi) is 5.69. The molecule has 6 N–H and O–H groups in total. The van der Waals surface area contributed by atoms with Crippen LogP contribution in [0, 0.1) is 0 Å². The van der Waals surface area contributed by atoms with E-state index in [0.717, 1.165) is 0 Å². The van der Waals surface area contributed by atoms with Crippen molar-refractivity contribution in [2.24, 2.45) is 10.7 Å². The van der Waals surface area contributed by atoms with Gasteiger partial charge in [0.25, 0.3) is 5.91 Å². The van der Waals surface area contributed by atoms with Crippen LogP contribution in [0.2, 0.25) is 0 Å². The van der Waals surface area contributed by atoms with Crippen LogP contribution in [0.4, 0.5) is 5.82 Å². The monoisotopic (exact) mass is 357 g/mol. The molecule has 11 nitrogen and oxygen atoms in total. The number of hydrogen-bond donors (Lipinski definition) is 5. The maximum atomic E-state index is 10.8. The number of nitrogens with two attached hydrogens (primary N) is 1. The Morgan fingerprint density at radius 1 is 1.65 bits per heavy atom. The molecule has 13 heteroatoms. The SMILES string of the molecule is NC1c2[nH]cnc2N=CN1[C@@]1(O)C[C@H](OCP(=O)(O)O)CO1.[H-].[Na+]. The molecule has 3 rings (SSSR count). The molecule has 0 radical (unpaired) electrons. The summed E-state index contributed by atoms with van der Waals surface area (Å²) < 4.78 is 21.2. The zero-order valence-electron chi connectivity index (χ0n) is 13.4. The van der Waals surface area contributed by atoms with E-state index in [2.05, 4.69) is 15.0 Å². The van der Waals surface area contributed by atoms with Crippen LogP contribution in [0.3, 0.4) is 0 Å². The molecule has 0 spiro atoms. The second-order valence-electron chi connectivity index (χ2n) is 5.08. The van der Waals surface area contributed by atoms with Gasteiger partial charge in [0, 0.05) is 0 Å². The molecule has 124 valence electrons. The number of ether oxygens (including phenoxy) is 2. The first-order chi connectivity index (χ1) is 10.3. The third kappa shape index (κ3) is 4.02. The fourth-order valence-electron chi connectivity index (χ4n) is 2.38. The summed E-state index contributed by atoms with van der Waals surface area (Å²) in [6.07, 6.45) is 0.579. The molecule has 0 aromatic carbocycles. The normalized spacial score (nSPS) is 30.2. The molecule has 1 unspecified atom stereocenters. The smallest absolute Gasteiger partial charge is 1.00 e. The standard InChI is InChI=1S/C10H16N5O6P.Na.H/c11-8-7-9(13-3-12-7)14-4-15(8)10(16)1-6(2-21-10)20-5-22(17,18)19;;/h3-4,6,8,16H,1-2,5,11H2,(H,12,13)(H2,17,18,19);;/q;+1;-1/t6-,8?,10+;;/m0../s1. The van der Waals surface area contributed by atoms with Gasteiger partial charge in [-0.3, -0.25) is 9.46 Å². The van der Waals surface area contributed by atoms with Gasteiger partial charge in [-0.25, -0.2) is 9.98 Å². The van der Waals surface area contributed by atoms with Crippen LogP contribution in [0.15, 0.2) is 11.3 Å². The number of imidazole rings is 1. The van der Waals surface area contributed by atoms with Gasteiger partial charge in [-0.1, -0.05) is 0 Å². The first-order valence-electron chi connectivity index (χ1n) is 6.42. The number of aliphatic imine (C=N–C) groups is 1. The topological polar surface area (TPSA) is 167 Å². The zero-order chi connectivity index (χ0) is 16.0. The van der Waals surface area contributed by atoms with E-state index >= 15 is 0 Å². The van der Waals surface area contributed by atoms with Crippen molar-refractivity contribution in [3.63, 3.8) is 0 Å². The van der Waals surface area contributed by atoms with Crippen LogP contribution < -0.4 is 35.3 Å². The van der Waals surface area contributed by atoms with Crippen LogP contribution in [0.5, 0.6) is 0 Å². The predicted octanol–water partition coefficient (Wildman–Crippen LogP) is -3.95. The summed E-state index contributed by atoms with van der Waals surface area (Å²) in [5.74, 6) is -1.34. The molecule has 0 bridgehead atoms. The van der Waals surface area contributed by atoms with Crippen molar-refractivity contribution in [3.8, 4) is 0 Å². The van der Waals surface area contributed by atoms with Crippen molar-refractivity contribution in [1.82, 2.24) is 14.9 Å². The van der Waals surface area contributed by atoms with Gasteiger partial charge in [-0.2, -0.15) is 0 Å². The number of nitrogens with one attached hydrogen (secondary N) is 1. The van der Waals surface area contributed by atoms with E-state index in [9.17, 15) is 9.67 Å². The maximum absolute atomic E-state index is 10.8. The Hall–Kier alpha value is -0.330. The molecule has 1 aromatic heterocycles. The zero-order valence-corrected chi connectivity index (χ0v) is 15.3. The first-order valence-corrected chi connectivity index (χ1v) is 8.22. The van der Waals surface area contributed by atoms with Gasteiger partial charge in [0.05, 0.1) is 37.5 Å². The first kappa shape index (κ1) is 19.0. The summed E-state index contributed by atoms with van der Waals surface area (Å²) in [5.41, 5.74) is 6.57. The summed E-state index contributed by atoms with van der Waals surface area (Å²) in [6, 6.07) is 0. The van der Waals surface area contributed by atoms with E-state index in [-0.39, 0.29) is 44.0 Å². The number of rotatable bonds is 4. The molecule has 0 aliphatic carbocycles. The van der Waals surface area contributed by atoms with Gasteiger partial charge in [0.15, 0.2) is 5.82 Å². The van der Waals surface area contributed by atoms with Gasteiger partial charge < -0.3 is 36.5 Å². The minimum Gasteiger partial charge on any atom is -1.00 e. The molecule has 3 atom stereocenters. The maximum Gasteiger partial charge on any atom is 1.00 e. The van der Waals surface area contributed by atoms with Crippen molar-refractivity contribution in [1.29, 1.82) is 0 Å². The largest absolute Gasteiger partial charge is 1.00 e. The van der Waals surface area contributed by atoms with E-state index in [4.69, 9.17) is 25.0 Å². The van der Waals surface area contributed by atoms with Gasteiger partial charge in [0.1, 0.15) is 12.5 Å². The van der Waals surface area contributed by atoms with Gasteiger partial charge >= 0.3 is 37.2 Å². The van der Waals surface area contributed by atoms with Crippen molar-refractivity contribution in [2.75, 3.05) is 13.0 Å². The van der Waals surface area contributed by atoms with Crippen molar-refractivity contribution in [3.05, 3.63) is 12.0 Å². The Bertz CT molecular complexity index is 643. The molecule has 0 amide bonds. The number of aliphatic hydroxyl groups is 1. The number of aromatic nitrogens is 2. The van der Waals surface area contributed by atoms with Gasteiger partial charge in [-0.15, -0.1) is 0 Å². The van der Waals surface area contributed by atoms with E-state index in [1.165, 1.54) is 17.6 Å². The van der Waals surface area contributed by atoms with Crippen LogP contribution in [0.25, 0.3) is 0 Å². The van der Waals surface area contributed by atoms with Crippen molar-refractivity contribution >= 4 is 19.8 Å². The van der Waals surface area contributed by atoms with E-state index in [1.54, 1.807) is 0 Å². The molecule has 1 aromatic rings. The van der Waals surface area contributed by atoms with Crippen LogP contribution in [0.1, 0.15) is 19.7 Å². The Labute approximate surface area is 154 Å². The van der Waals surface area contributed by atoms with Crippen LogP contribution in [-0.2, 0) is 14.0 Å². The average Bonchev–Trinajstić information content (AvgIpc) is 3.03. The van der Waals surface area contributed by atoms with Crippen molar-refractivity contribution < 1.29 is 59.9 Å². The average molecular weight is 357 g/mol. The summed E-state index contributed by atoms with van der Waals surface area (Å²) in [5, 5.41) is 10.6. The molecule has 1 saturated heterocycles. The summed E-state index contributed by atoms with van der Waals surface area (Å²) >= 11 is 0. The van der Waals surface area contributed by atoms with Gasteiger partial charge in [-0.05, 0) is 0 Å². The number of fused-ring (bicyclic) bond motifs is 1. The van der Waals surface area contributed by atoms with E-state index in [1.807, 2.05) is 0 Å². The Balaban J connectivity index is 0.00000144. The third-order valence-corrected chi connectivity index (χ3v) is 3.91. The quantitative estimate of drug-likeness (QED) is 0.267. The molecular weight excluding hydrogens is 340 g/mol. The van der Waals surface area contributed by atoms with Crippen molar-refractivity contribution in [2.45, 2.75) is 24.6 Å². The minimum atomic E-state index is -4.28. The van der Waals surface area contributed by atoms with Gasteiger partial charge in [0.2, 0.25) is 0 Å². The minimum absolute atomic E-state index is 0. The summed E-state index contributed by atoms with van der Waals surface area (Å²) in [6.45, 7) is -0.0244. The molecular formula is C10H17N5NaO6P. The van der Waals surface area contributed by atoms with E-state index in [0.29, 0.717) is 11.5 Å².